The van der Waals surface area contributed by atoms with Gasteiger partial charge in [0.25, 0.3) is 0 Å². The average molecular weight is 282 g/mol. The standard InChI is InChI=1S/C17H34N2O/c1-15(2)6-10-19-11-7-16(8-12-19)18-14-17(3,4)9-13-20-5/h6,16,18H,7-14H2,1-5H3. The van der Waals surface area contributed by atoms with Crippen LogP contribution in [0.5, 0.6) is 0 Å². The number of hydrogen-bond acceptors (Lipinski definition) is 3. The summed E-state index contributed by atoms with van der Waals surface area (Å²) in [4.78, 5) is 2.56. The first-order valence-electron chi connectivity index (χ1n) is 8.01. The zero-order valence-corrected chi connectivity index (χ0v) is 14.2. The fourth-order valence-corrected chi connectivity index (χ4v) is 2.52. The van der Waals surface area contributed by atoms with E-state index in [1.807, 2.05) is 0 Å². The number of piperidine rings is 1. The number of allylic oxidation sites excluding steroid dienone is 1. The van der Waals surface area contributed by atoms with E-state index in [0.29, 0.717) is 11.5 Å². The van der Waals surface area contributed by atoms with Crippen LogP contribution in [0, 0.1) is 5.41 Å². The molecule has 1 heterocycles. The second-order valence-electron chi connectivity index (χ2n) is 7.14. The normalized spacial score (nSPS) is 18.2. The maximum absolute atomic E-state index is 5.19. The monoisotopic (exact) mass is 282 g/mol. The third-order valence-corrected chi connectivity index (χ3v) is 4.20. The molecule has 0 bridgehead atoms. The summed E-state index contributed by atoms with van der Waals surface area (Å²) in [6.07, 6.45) is 6.01. The molecule has 0 aromatic heterocycles. The van der Waals surface area contributed by atoms with Gasteiger partial charge in [0.1, 0.15) is 0 Å². The summed E-state index contributed by atoms with van der Waals surface area (Å²) in [5.41, 5.74) is 1.75. The van der Waals surface area contributed by atoms with Gasteiger partial charge in [0.05, 0.1) is 0 Å². The van der Waals surface area contributed by atoms with Crippen LogP contribution in [0.4, 0.5) is 0 Å². The Hall–Kier alpha value is -0.380. The van der Waals surface area contributed by atoms with Gasteiger partial charge in [-0.15, -0.1) is 0 Å². The van der Waals surface area contributed by atoms with Crippen molar-refractivity contribution in [3.8, 4) is 0 Å². The first-order valence-corrected chi connectivity index (χ1v) is 8.01. The molecule has 0 saturated carbocycles. The van der Waals surface area contributed by atoms with Crippen LogP contribution in [0.1, 0.15) is 47.0 Å². The fraction of sp³-hybridized carbons (Fsp3) is 0.882. The lowest BCUT2D eigenvalue weighted by molar-refractivity contribution is 0.143. The molecule has 0 aromatic carbocycles. The Labute approximate surface area is 125 Å². The van der Waals surface area contributed by atoms with E-state index in [1.54, 1.807) is 7.11 Å². The summed E-state index contributed by atoms with van der Waals surface area (Å²) in [5.74, 6) is 0. The van der Waals surface area contributed by atoms with E-state index in [9.17, 15) is 0 Å². The molecule has 0 spiro atoms. The predicted octanol–water partition coefficient (Wildman–Crippen LogP) is 3.07. The van der Waals surface area contributed by atoms with Gasteiger partial charge in [0.15, 0.2) is 0 Å². The molecule has 3 heteroatoms. The molecule has 1 N–H and O–H groups in total. The summed E-state index contributed by atoms with van der Waals surface area (Å²) in [6.45, 7) is 14.5. The van der Waals surface area contributed by atoms with Gasteiger partial charge in [0, 0.05) is 32.8 Å². The molecular formula is C17H34N2O. The lowest BCUT2D eigenvalue weighted by Crippen LogP contribution is -2.45. The molecule has 1 aliphatic rings. The van der Waals surface area contributed by atoms with Crippen molar-refractivity contribution in [1.82, 2.24) is 10.2 Å². The predicted molar refractivity (Wildman–Crippen MR) is 87.2 cm³/mol. The highest BCUT2D eigenvalue weighted by Gasteiger charge is 2.22. The van der Waals surface area contributed by atoms with Crippen molar-refractivity contribution < 1.29 is 4.74 Å². The van der Waals surface area contributed by atoms with Crippen LogP contribution in [0.25, 0.3) is 0 Å². The first kappa shape index (κ1) is 17.7. The summed E-state index contributed by atoms with van der Waals surface area (Å²) < 4.78 is 5.19. The van der Waals surface area contributed by atoms with E-state index in [1.165, 1.54) is 31.5 Å². The van der Waals surface area contributed by atoms with Crippen molar-refractivity contribution in [2.24, 2.45) is 5.41 Å². The molecule has 118 valence electrons. The highest BCUT2D eigenvalue weighted by Crippen LogP contribution is 2.20. The van der Waals surface area contributed by atoms with Gasteiger partial charge in [-0.05, 0) is 51.6 Å². The Balaban J connectivity index is 2.20. The minimum absolute atomic E-state index is 0.329. The van der Waals surface area contributed by atoms with E-state index in [0.717, 1.165) is 26.1 Å². The number of hydrogen-bond donors (Lipinski definition) is 1. The van der Waals surface area contributed by atoms with E-state index in [-0.39, 0.29) is 0 Å². The lowest BCUT2D eigenvalue weighted by Gasteiger charge is -2.34. The van der Waals surface area contributed by atoms with Gasteiger partial charge >= 0.3 is 0 Å². The molecule has 1 fully saturated rings. The fourth-order valence-electron chi connectivity index (χ4n) is 2.52. The Kier molecular flexibility index (Phi) is 7.78. The minimum atomic E-state index is 0.329. The maximum atomic E-state index is 5.19. The third kappa shape index (κ3) is 7.41. The molecule has 3 nitrogen and oxygen atoms in total. The number of nitrogens with zero attached hydrogens (tertiary/aromatic N) is 1. The Morgan fingerprint density at radius 1 is 1.30 bits per heavy atom. The largest absolute Gasteiger partial charge is 0.385 e. The molecule has 0 aromatic rings. The Morgan fingerprint density at radius 2 is 1.95 bits per heavy atom. The first-order chi connectivity index (χ1) is 9.43. The second kappa shape index (κ2) is 8.81. The molecule has 0 radical (unpaired) electrons. The number of methoxy groups -OCH3 is 1. The van der Waals surface area contributed by atoms with Gasteiger partial charge in [-0.2, -0.15) is 0 Å². The number of nitrogens with one attached hydrogen (secondary N) is 1. The Bertz CT molecular complexity index is 287. The van der Waals surface area contributed by atoms with Crippen molar-refractivity contribution in [3.63, 3.8) is 0 Å². The highest BCUT2D eigenvalue weighted by molar-refractivity contribution is 4.95. The Morgan fingerprint density at radius 3 is 2.50 bits per heavy atom. The molecule has 20 heavy (non-hydrogen) atoms. The molecular weight excluding hydrogens is 248 g/mol. The van der Waals surface area contributed by atoms with Gasteiger partial charge < -0.3 is 10.1 Å². The van der Waals surface area contributed by atoms with Crippen LogP contribution in [0.2, 0.25) is 0 Å². The number of ether oxygens (including phenoxy) is 1. The third-order valence-electron chi connectivity index (χ3n) is 4.20. The topological polar surface area (TPSA) is 24.5 Å². The van der Waals surface area contributed by atoms with Gasteiger partial charge in [0.2, 0.25) is 0 Å². The number of rotatable bonds is 8. The van der Waals surface area contributed by atoms with E-state index in [2.05, 4.69) is 44.0 Å². The second-order valence-corrected chi connectivity index (χ2v) is 7.14. The molecule has 1 rings (SSSR count). The zero-order chi connectivity index (χ0) is 15.0. The van der Waals surface area contributed by atoms with Gasteiger partial charge in [-0.3, -0.25) is 4.90 Å². The maximum Gasteiger partial charge on any atom is 0.0467 e. The number of likely N-dealkylation sites (tertiary alicyclic amines) is 1. The molecule has 0 atom stereocenters. The van der Waals surface area contributed by atoms with Crippen molar-refractivity contribution in [1.29, 1.82) is 0 Å². The average Bonchev–Trinajstić information content (AvgIpc) is 2.42. The lowest BCUT2D eigenvalue weighted by atomic mass is 9.89. The quantitative estimate of drug-likeness (QED) is 0.693. The van der Waals surface area contributed by atoms with E-state index in [4.69, 9.17) is 4.74 Å². The highest BCUT2D eigenvalue weighted by atomic mass is 16.5. The summed E-state index contributed by atoms with van der Waals surface area (Å²) in [6, 6.07) is 0.694. The van der Waals surface area contributed by atoms with E-state index < -0.39 is 0 Å². The van der Waals surface area contributed by atoms with Crippen LogP contribution >= 0.6 is 0 Å². The van der Waals surface area contributed by atoms with Crippen LogP contribution in [-0.4, -0.2) is 50.8 Å². The van der Waals surface area contributed by atoms with Crippen LogP contribution in [-0.2, 0) is 4.74 Å². The van der Waals surface area contributed by atoms with Crippen LogP contribution in [0.15, 0.2) is 11.6 Å². The van der Waals surface area contributed by atoms with Gasteiger partial charge in [-0.25, -0.2) is 0 Å². The van der Waals surface area contributed by atoms with Crippen molar-refractivity contribution >= 4 is 0 Å². The zero-order valence-electron chi connectivity index (χ0n) is 14.2. The summed E-state index contributed by atoms with van der Waals surface area (Å²) in [5, 5.41) is 3.76. The molecule has 1 aliphatic heterocycles. The molecule has 0 unspecified atom stereocenters. The van der Waals surface area contributed by atoms with Crippen molar-refractivity contribution in [2.45, 2.75) is 53.0 Å². The molecule has 0 aliphatic carbocycles. The minimum Gasteiger partial charge on any atom is -0.385 e. The van der Waals surface area contributed by atoms with Crippen molar-refractivity contribution in [2.75, 3.05) is 39.9 Å². The smallest absolute Gasteiger partial charge is 0.0467 e. The van der Waals surface area contributed by atoms with Crippen LogP contribution in [0.3, 0.4) is 0 Å². The van der Waals surface area contributed by atoms with E-state index >= 15 is 0 Å². The van der Waals surface area contributed by atoms with Crippen LogP contribution < -0.4 is 5.32 Å². The molecule has 0 amide bonds. The van der Waals surface area contributed by atoms with Gasteiger partial charge in [-0.1, -0.05) is 25.5 Å². The SMILES string of the molecule is COCCC(C)(C)CNC1CCN(CC=C(C)C)CC1. The summed E-state index contributed by atoms with van der Waals surface area (Å²) >= 11 is 0. The van der Waals surface area contributed by atoms with Crippen molar-refractivity contribution in [3.05, 3.63) is 11.6 Å². The molecule has 1 saturated heterocycles. The summed E-state index contributed by atoms with van der Waals surface area (Å²) in [7, 11) is 1.78.